The van der Waals surface area contributed by atoms with E-state index in [9.17, 15) is 14.7 Å². The molecule has 0 bridgehead atoms. The molecule has 2 aromatic carbocycles. The first-order valence-electron chi connectivity index (χ1n) is 10.5. The van der Waals surface area contributed by atoms with Crippen LogP contribution < -0.4 is 0 Å². The summed E-state index contributed by atoms with van der Waals surface area (Å²) < 4.78 is 5.17. The van der Waals surface area contributed by atoms with Crippen molar-refractivity contribution >= 4 is 17.4 Å². The third-order valence-electron chi connectivity index (χ3n) is 5.92. The molecule has 1 fully saturated rings. The number of likely N-dealkylation sites (tertiary alicyclic amines) is 1. The summed E-state index contributed by atoms with van der Waals surface area (Å²) in [5, 5.41) is 11.4. The number of aliphatic hydroxyl groups is 1. The Hall–Kier alpha value is -2.92. The molecule has 1 saturated heterocycles. The van der Waals surface area contributed by atoms with E-state index in [2.05, 4.69) is 20.8 Å². The van der Waals surface area contributed by atoms with Gasteiger partial charge >= 0.3 is 0 Å². The Morgan fingerprint density at radius 3 is 2.35 bits per heavy atom. The number of benzene rings is 2. The number of ketones is 1. The number of carbonyl (C=O) groups is 2. The summed E-state index contributed by atoms with van der Waals surface area (Å²) in [5.41, 5.74) is 4.24. The number of aryl methyl sites for hydroxylation is 2. The summed E-state index contributed by atoms with van der Waals surface area (Å²) in [6.07, 6.45) is 0. The number of carbonyl (C=O) groups excluding carboxylic acids is 2. The van der Waals surface area contributed by atoms with Crippen LogP contribution in [0.1, 0.15) is 54.6 Å². The first-order chi connectivity index (χ1) is 14.6. The summed E-state index contributed by atoms with van der Waals surface area (Å²) >= 11 is 0. The first kappa shape index (κ1) is 22.8. The molecule has 1 aliphatic rings. The minimum Gasteiger partial charge on any atom is -0.507 e. The van der Waals surface area contributed by atoms with Crippen molar-refractivity contribution in [2.75, 3.05) is 20.3 Å². The molecule has 31 heavy (non-hydrogen) atoms. The fourth-order valence-corrected chi connectivity index (χ4v) is 4.01. The van der Waals surface area contributed by atoms with Crippen LogP contribution in [0.4, 0.5) is 0 Å². The number of ether oxygens (including phenoxy) is 1. The summed E-state index contributed by atoms with van der Waals surface area (Å²) in [6, 6.07) is 12.9. The highest BCUT2D eigenvalue weighted by Gasteiger charge is 2.46. The van der Waals surface area contributed by atoms with Gasteiger partial charge in [0.15, 0.2) is 0 Å². The van der Waals surface area contributed by atoms with Crippen molar-refractivity contribution in [1.82, 2.24) is 4.90 Å². The van der Waals surface area contributed by atoms with E-state index in [-0.39, 0.29) is 23.3 Å². The second-order valence-electron chi connectivity index (χ2n) is 9.12. The largest absolute Gasteiger partial charge is 0.507 e. The smallest absolute Gasteiger partial charge is 0.295 e. The third-order valence-corrected chi connectivity index (χ3v) is 5.92. The predicted octanol–water partition coefficient (Wildman–Crippen LogP) is 4.67. The average Bonchev–Trinajstić information content (AvgIpc) is 2.96. The molecule has 164 valence electrons. The van der Waals surface area contributed by atoms with Crippen LogP contribution in [0.25, 0.3) is 5.76 Å². The third kappa shape index (κ3) is 4.28. The lowest BCUT2D eigenvalue weighted by atomic mass is 9.84. The Bertz CT molecular complexity index is 1050. The van der Waals surface area contributed by atoms with Crippen LogP contribution in [0.5, 0.6) is 0 Å². The van der Waals surface area contributed by atoms with Gasteiger partial charge in [0.05, 0.1) is 18.2 Å². The molecule has 0 spiro atoms. The van der Waals surface area contributed by atoms with E-state index in [4.69, 9.17) is 4.74 Å². The first-order valence-corrected chi connectivity index (χ1v) is 10.5. The SMILES string of the molecule is COCCN1C(=O)C(=O)/C(=C(/O)c2cc(C(C)(C)C)ccc2C)C1c1ccccc1C. The van der Waals surface area contributed by atoms with E-state index in [1.165, 1.54) is 4.90 Å². The van der Waals surface area contributed by atoms with Gasteiger partial charge in [0.2, 0.25) is 0 Å². The number of hydrogen-bond acceptors (Lipinski definition) is 4. The maximum absolute atomic E-state index is 13.1. The summed E-state index contributed by atoms with van der Waals surface area (Å²) in [4.78, 5) is 27.6. The van der Waals surface area contributed by atoms with Gasteiger partial charge in [0, 0.05) is 19.2 Å². The highest BCUT2D eigenvalue weighted by atomic mass is 16.5. The number of hydrogen-bond donors (Lipinski definition) is 1. The molecule has 1 amide bonds. The number of Topliss-reactive ketones (excluding diaryl/α,β-unsaturated/α-hetero) is 1. The standard InChI is InChI=1S/C26H31NO4/c1-16-9-7-8-10-19(16)22-21(24(29)25(30)27(22)13-14-31-6)23(28)20-15-18(26(3,4)5)12-11-17(20)2/h7-12,15,22,28H,13-14H2,1-6H3/b23-21+. The van der Waals surface area contributed by atoms with Gasteiger partial charge in [-0.25, -0.2) is 0 Å². The molecule has 1 N–H and O–H groups in total. The maximum Gasteiger partial charge on any atom is 0.295 e. The van der Waals surface area contributed by atoms with E-state index in [1.807, 2.05) is 56.3 Å². The molecule has 0 aliphatic carbocycles. The molecular formula is C26H31NO4. The van der Waals surface area contributed by atoms with Gasteiger partial charge < -0.3 is 14.7 Å². The number of rotatable bonds is 5. The average molecular weight is 422 g/mol. The lowest BCUT2D eigenvalue weighted by molar-refractivity contribution is -0.140. The molecule has 3 rings (SSSR count). The molecule has 1 aliphatic heterocycles. The Morgan fingerprint density at radius 2 is 1.74 bits per heavy atom. The highest BCUT2D eigenvalue weighted by Crippen LogP contribution is 2.41. The van der Waals surface area contributed by atoms with Crippen LogP contribution in [0, 0.1) is 13.8 Å². The van der Waals surface area contributed by atoms with E-state index < -0.39 is 17.7 Å². The molecule has 0 radical (unpaired) electrons. The Labute approximate surface area is 184 Å². The predicted molar refractivity (Wildman–Crippen MR) is 122 cm³/mol. The molecular weight excluding hydrogens is 390 g/mol. The summed E-state index contributed by atoms with van der Waals surface area (Å²) in [7, 11) is 1.56. The number of amides is 1. The van der Waals surface area contributed by atoms with Crippen LogP contribution in [-0.4, -0.2) is 42.0 Å². The zero-order valence-electron chi connectivity index (χ0n) is 19.2. The normalized spacial score (nSPS) is 18.6. The molecule has 0 saturated carbocycles. The zero-order valence-corrected chi connectivity index (χ0v) is 19.2. The summed E-state index contributed by atoms with van der Waals surface area (Å²) in [6.45, 7) is 10.7. The summed E-state index contributed by atoms with van der Waals surface area (Å²) in [5.74, 6) is -1.41. The topological polar surface area (TPSA) is 66.8 Å². The Morgan fingerprint density at radius 1 is 1.06 bits per heavy atom. The second-order valence-corrected chi connectivity index (χ2v) is 9.12. The van der Waals surface area contributed by atoms with Gasteiger partial charge in [-0.3, -0.25) is 9.59 Å². The molecule has 5 nitrogen and oxygen atoms in total. The molecule has 0 aromatic heterocycles. The number of aliphatic hydroxyl groups excluding tert-OH is 1. The van der Waals surface area contributed by atoms with Gasteiger partial charge in [-0.15, -0.1) is 0 Å². The fourth-order valence-electron chi connectivity index (χ4n) is 4.01. The Kier molecular flexibility index (Phi) is 6.37. The molecule has 1 heterocycles. The molecule has 1 unspecified atom stereocenters. The van der Waals surface area contributed by atoms with Crippen LogP contribution in [0.2, 0.25) is 0 Å². The van der Waals surface area contributed by atoms with Crippen molar-refractivity contribution in [1.29, 1.82) is 0 Å². The number of methoxy groups -OCH3 is 1. The minimum atomic E-state index is -0.664. The molecule has 5 heteroatoms. The van der Waals surface area contributed by atoms with E-state index >= 15 is 0 Å². The van der Waals surface area contributed by atoms with E-state index in [0.717, 1.165) is 22.3 Å². The van der Waals surface area contributed by atoms with Crippen molar-refractivity contribution in [2.45, 2.75) is 46.1 Å². The van der Waals surface area contributed by atoms with Crippen LogP contribution >= 0.6 is 0 Å². The van der Waals surface area contributed by atoms with Crippen LogP contribution in [0.15, 0.2) is 48.0 Å². The van der Waals surface area contributed by atoms with Crippen LogP contribution in [-0.2, 0) is 19.7 Å². The highest BCUT2D eigenvalue weighted by molar-refractivity contribution is 6.46. The van der Waals surface area contributed by atoms with Gasteiger partial charge in [-0.2, -0.15) is 0 Å². The second kappa shape index (κ2) is 8.67. The maximum atomic E-state index is 13.1. The Balaban J connectivity index is 2.25. The van der Waals surface area contributed by atoms with Gasteiger partial charge in [0.1, 0.15) is 5.76 Å². The van der Waals surface area contributed by atoms with Crippen molar-refractivity contribution in [3.63, 3.8) is 0 Å². The molecule has 2 aromatic rings. The lowest BCUT2D eigenvalue weighted by Crippen LogP contribution is -2.33. The quantitative estimate of drug-likeness (QED) is 0.433. The van der Waals surface area contributed by atoms with E-state index in [0.29, 0.717) is 12.2 Å². The number of nitrogens with zero attached hydrogens (tertiary/aromatic N) is 1. The van der Waals surface area contributed by atoms with E-state index in [1.54, 1.807) is 7.11 Å². The monoisotopic (exact) mass is 421 g/mol. The van der Waals surface area contributed by atoms with Gasteiger partial charge in [0.25, 0.3) is 11.7 Å². The lowest BCUT2D eigenvalue weighted by Gasteiger charge is -2.26. The van der Waals surface area contributed by atoms with Crippen molar-refractivity contribution in [3.8, 4) is 0 Å². The van der Waals surface area contributed by atoms with Gasteiger partial charge in [-0.1, -0.05) is 57.2 Å². The van der Waals surface area contributed by atoms with Crippen molar-refractivity contribution in [2.24, 2.45) is 0 Å². The fraction of sp³-hybridized carbons (Fsp3) is 0.385. The van der Waals surface area contributed by atoms with Crippen LogP contribution in [0.3, 0.4) is 0 Å². The minimum absolute atomic E-state index is 0.122. The van der Waals surface area contributed by atoms with Crippen molar-refractivity contribution < 1.29 is 19.4 Å². The zero-order chi connectivity index (χ0) is 22.9. The molecule has 1 atom stereocenters. The van der Waals surface area contributed by atoms with Crippen molar-refractivity contribution in [3.05, 3.63) is 75.9 Å². The van der Waals surface area contributed by atoms with Gasteiger partial charge in [-0.05, 0) is 47.6 Å².